The summed E-state index contributed by atoms with van der Waals surface area (Å²) in [6.07, 6.45) is 0.300. The fourth-order valence-corrected chi connectivity index (χ4v) is 2.05. The van der Waals surface area contributed by atoms with E-state index < -0.39 is 10.0 Å². The summed E-state index contributed by atoms with van der Waals surface area (Å²) in [4.78, 5) is 1.93. The maximum absolute atomic E-state index is 11.5. The molecule has 0 atom stereocenters. The minimum Gasteiger partial charge on any atom is -0.396 e. The molecule has 0 saturated carbocycles. The van der Waals surface area contributed by atoms with E-state index in [1.54, 1.807) is 7.05 Å². The van der Waals surface area contributed by atoms with Crippen molar-refractivity contribution in [3.8, 4) is 0 Å². The van der Waals surface area contributed by atoms with Crippen molar-refractivity contribution in [3.05, 3.63) is 0 Å². The van der Waals surface area contributed by atoms with Crippen LogP contribution in [-0.2, 0) is 10.0 Å². The summed E-state index contributed by atoms with van der Waals surface area (Å²) in [6, 6.07) is 0. The molecule has 0 saturated heterocycles. The van der Waals surface area contributed by atoms with Gasteiger partial charge in [-0.25, -0.2) is 12.7 Å². The van der Waals surface area contributed by atoms with Crippen LogP contribution in [0.15, 0.2) is 0 Å². The van der Waals surface area contributed by atoms with Gasteiger partial charge < -0.3 is 10.0 Å². The van der Waals surface area contributed by atoms with Crippen LogP contribution in [-0.4, -0.2) is 69.3 Å². The van der Waals surface area contributed by atoms with E-state index in [2.05, 4.69) is 0 Å². The Balaban J connectivity index is 4.01. The molecule has 14 heavy (non-hydrogen) atoms. The Kier molecular flexibility index (Phi) is 6.26. The quantitative estimate of drug-likeness (QED) is 0.614. The fraction of sp³-hybridized carbons (Fsp3) is 1.00. The molecule has 0 bridgehead atoms. The molecule has 0 rings (SSSR count). The molecule has 0 aromatic heterocycles. The molecule has 1 N–H and O–H groups in total. The molecule has 6 heteroatoms. The molecular formula is C8H20N2O3S. The number of aliphatic hydroxyl groups is 1. The smallest absolute Gasteiger partial charge is 0.213 e. The maximum atomic E-state index is 11.5. The molecule has 0 amide bonds. The summed E-state index contributed by atoms with van der Waals surface area (Å²) in [5.74, 6) is 0.0213. The average molecular weight is 224 g/mol. The molecule has 0 unspecified atom stereocenters. The largest absolute Gasteiger partial charge is 0.396 e. The number of aliphatic hydroxyl groups excluding tert-OH is 1. The first-order valence-corrected chi connectivity index (χ1v) is 6.20. The van der Waals surface area contributed by atoms with Gasteiger partial charge >= 0.3 is 0 Å². The minimum atomic E-state index is -3.17. The highest BCUT2D eigenvalue weighted by Gasteiger charge is 2.16. The Morgan fingerprint density at radius 2 is 1.71 bits per heavy atom. The lowest BCUT2D eigenvalue weighted by Gasteiger charge is -2.19. The molecule has 0 fully saturated rings. The van der Waals surface area contributed by atoms with Crippen LogP contribution in [0.3, 0.4) is 0 Å². The third kappa shape index (κ3) is 5.54. The highest BCUT2D eigenvalue weighted by molar-refractivity contribution is 7.89. The first kappa shape index (κ1) is 13.8. The van der Waals surface area contributed by atoms with Crippen molar-refractivity contribution >= 4 is 10.0 Å². The number of rotatable bonds is 7. The van der Waals surface area contributed by atoms with E-state index in [1.165, 1.54) is 4.31 Å². The number of likely N-dealkylation sites (N-methyl/N-ethyl adjacent to an activating group) is 2. The highest BCUT2D eigenvalue weighted by Crippen LogP contribution is 1.99. The molecule has 0 aliphatic heterocycles. The summed E-state index contributed by atoms with van der Waals surface area (Å²) in [5, 5.41) is 8.54. The molecule has 5 nitrogen and oxygen atoms in total. The third-order valence-corrected chi connectivity index (χ3v) is 3.83. The van der Waals surface area contributed by atoms with Crippen molar-refractivity contribution in [2.75, 3.05) is 46.6 Å². The molecule has 0 radical (unpaired) electrons. The summed E-state index contributed by atoms with van der Waals surface area (Å²) in [6.45, 7) is 1.11. The van der Waals surface area contributed by atoms with E-state index in [1.807, 2.05) is 19.0 Å². The van der Waals surface area contributed by atoms with Gasteiger partial charge in [-0.1, -0.05) is 0 Å². The van der Waals surface area contributed by atoms with Gasteiger partial charge in [0.25, 0.3) is 0 Å². The van der Waals surface area contributed by atoms with Gasteiger partial charge in [0.05, 0.1) is 5.75 Å². The maximum Gasteiger partial charge on any atom is 0.213 e. The SMILES string of the molecule is CN(C)CCN(C)S(=O)(=O)CCCO. The van der Waals surface area contributed by atoms with Gasteiger partial charge in [0.15, 0.2) is 0 Å². The molecule has 86 valence electrons. The van der Waals surface area contributed by atoms with E-state index in [9.17, 15) is 8.42 Å². The molecule has 0 aromatic rings. The molecule has 0 spiro atoms. The second-order valence-corrected chi connectivity index (χ2v) is 5.71. The normalized spacial score (nSPS) is 12.7. The van der Waals surface area contributed by atoms with E-state index in [0.717, 1.165) is 0 Å². The van der Waals surface area contributed by atoms with Gasteiger partial charge in [0, 0.05) is 26.7 Å². The third-order valence-electron chi connectivity index (χ3n) is 1.90. The standard InChI is InChI=1S/C8H20N2O3S/c1-9(2)5-6-10(3)14(12,13)8-4-7-11/h11H,4-8H2,1-3H3. The zero-order valence-electron chi connectivity index (χ0n) is 9.10. The Bertz CT molecular complexity index is 239. The lowest BCUT2D eigenvalue weighted by atomic mass is 10.5. The summed E-state index contributed by atoms with van der Waals surface area (Å²) >= 11 is 0. The monoisotopic (exact) mass is 224 g/mol. The van der Waals surface area contributed by atoms with Crippen LogP contribution in [0.5, 0.6) is 0 Å². The first-order valence-electron chi connectivity index (χ1n) is 4.59. The van der Waals surface area contributed by atoms with E-state index >= 15 is 0 Å². The van der Waals surface area contributed by atoms with Gasteiger partial charge in [-0.3, -0.25) is 0 Å². The van der Waals surface area contributed by atoms with Crippen molar-refractivity contribution in [2.24, 2.45) is 0 Å². The van der Waals surface area contributed by atoms with Gasteiger partial charge in [-0.15, -0.1) is 0 Å². The zero-order chi connectivity index (χ0) is 11.2. The molecule has 0 aliphatic rings. The molecule has 0 aromatic carbocycles. The number of nitrogens with zero attached hydrogens (tertiary/aromatic N) is 2. The summed E-state index contributed by atoms with van der Waals surface area (Å²) < 4.78 is 24.3. The molecule has 0 aliphatic carbocycles. The summed E-state index contributed by atoms with van der Waals surface area (Å²) in [7, 11) is 2.19. The molecule has 0 heterocycles. The molecular weight excluding hydrogens is 204 g/mol. The average Bonchev–Trinajstić information content (AvgIpc) is 2.10. The van der Waals surface area contributed by atoms with E-state index in [-0.39, 0.29) is 12.4 Å². The highest BCUT2D eigenvalue weighted by atomic mass is 32.2. The van der Waals surface area contributed by atoms with Gasteiger partial charge in [-0.2, -0.15) is 0 Å². The number of hydrogen-bond donors (Lipinski definition) is 1. The summed E-state index contributed by atoms with van der Waals surface area (Å²) in [5.41, 5.74) is 0. The predicted molar refractivity (Wildman–Crippen MR) is 56.7 cm³/mol. The lowest BCUT2D eigenvalue weighted by Crippen LogP contribution is -2.35. The van der Waals surface area contributed by atoms with Crippen LogP contribution in [0.2, 0.25) is 0 Å². The Labute approximate surface area is 86.4 Å². The van der Waals surface area contributed by atoms with Crippen LogP contribution in [0, 0.1) is 0 Å². The van der Waals surface area contributed by atoms with Crippen molar-refractivity contribution in [1.29, 1.82) is 0 Å². The van der Waals surface area contributed by atoms with Crippen LogP contribution < -0.4 is 0 Å². The van der Waals surface area contributed by atoms with Gasteiger partial charge in [-0.05, 0) is 20.5 Å². The Morgan fingerprint density at radius 1 is 1.14 bits per heavy atom. The predicted octanol–water partition coefficient (Wildman–Crippen LogP) is -0.808. The first-order chi connectivity index (χ1) is 6.40. The van der Waals surface area contributed by atoms with Crippen LogP contribution >= 0.6 is 0 Å². The van der Waals surface area contributed by atoms with Crippen molar-refractivity contribution in [2.45, 2.75) is 6.42 Å². The zero-order valence-corrected chi connectivity index (χ0v) is 9.92. The van der Waals surface area contributed by atoms with Gasteiger partial charge in [0.2, 0.25) is 10.0 Å². The number of hydrogen-bond acceptors (Lipinski definition) is 4. The topological polar surface area (TPSA) is 60.9 Å². The Hall–Kier alpha value is -0.170. The van der Waals surface area contributed by atoms with Crippen molar-refractivity contribution in [3.63, 3.8) is 0 Å². The van der Waals surface area contributed by atoms with Crippen molar-refractivity contribution < 1.29 is 13.5 Å². The van der Waals surface area contributed by atoms with Gasteiger partial charge in [0.1, 0.15) is 0 Å². The fourth-order valence-electron chi connectivity index (χ4n) is 0.883. The Morgan fingerprint density at radius 3 is 2.14 bits per heavy atom. The lowest BCUT2D eigenvalue weighted by molar-refractivity contribution is 0.293. The second-order valence-electron chi connectivity index (χ2n) is 3.52. The van der Waals surface area contributed by atoms with E-state index in [4.69, 9.17) is 5.11 Å². The van der Waals surface area contributed by atoms with Crippen LogP contribution in [0.1, 0.15) is 6.42 Å². The van der Waals surface area contributed by atoms with Crippen LogP contribution in [0.25, 0.3) is 0 Å². The van der Waals surface area contributed by atoms with E-state index in [0.29, 0.717) is 19.5 Å². The van der Waals surface area contributed by atoms with Crippen LogP contribution in [0.4, 0.5) is 0 Å². The number of sulfonamides is 1. The second kappa shape index (κ2) is 6.34. The minimum absolute atomic E-state index is 0.0213. The van der Waals surface area contributed by atoms with Crippen molar-refractivity contribution in [1.82, 2.24) is 9.21 Å².